The number of rotatable bonds is 4. The van der Waals surface area contributed by atoms with Gasteiger partial charge in [0.2, 0.25) is 0 Å². The fraction of sp³-hybridized carbons (Fsp3) is 0.357. The van der Waals surface area contributed by atoms with Crippen molar-refractivity contribution < 1.29 is 14.3 Å². The lowest BCUT2D eigenvalue weighted by atomic mass is 10.0. The molecule has 0 aliphatic carbocycles. The van der Waals surface area contributed by atoms with Crippen LogP contribution in [0.4, 0.5) is 5.69 Å². The van der Waals surface area contributed by atoms with Crippen molar-refractivity contribution in [3.63, 3.8) is 0 Å². The van der Waals surface area contributed by atoms with Gasteiger partial charge in [-0.2, -0.15) is 5.10 Å². The Labute approximate surface area is 122 Å². The first-order valence-corrected chi connectivity index (χ1v) is 6.70. The minimum atomic E-state index is -0.636. The predicted octanol–water partition coefficient (Wildman–Crippen LogP) is 2.28. The average Bonchev–Trinajstić information content (AvgIpc) is 2.85. The molecule has 1 aliphatic rings. The van der Waals surface area contributed by atoms with Gasteiger partial charge >= 0.3 is 5.97 Å². The molecule has 1 heterocycles. The molecule has 1 aliphatic heterocycles. The highest BCUT2D eigenvalue weighted by molar-refractivity contribution is 6.43. The molecule has 2 rings (SSSR count). The highest BCUT2D eigenvalue weighted by Crippen LogP contribution is 2.25. The molecular formula is C14H15ClN2O3. The van der Waals surface area contributed by atoms with E-state index in [4.69, 9.17) is 16.3 Å². The molecule has 0 fully saturated rings. The van der Waals surface area contributed by atoms with E-state index in [1.54, 1.807) is 36.2 Å². The Kier molecular flexibility index (Phi) is 4.39. The predicted molar refractivity (Wildman–Crippen MR) is 77.0 cm³/mol. The summed E-state index contributed by atoms with van der Waals surface area (Å²) in [6, 6.07) is 7.04. The van der Waals surface area contributed by atoms with Crippen LogP contribution in [0.1, 0.15) is 13.8 Å². The van der Waals surface area contributed by atoms with Crippen LogP contribution in [-0.4, -0.2) is 30.6 Å². The number of hydrogen-bond acceptors (Lipinski definition) is 5. The maximum atomic E-state index is 11.9. The number of ether oxygens (including phenoxy) is 1. The average molecular weight is 295 g/mol. The summed E-state index contributed by atoms with van der Waals surface area (Å²) in [5, 5.41) is 6.46. The third-order valence-corrected chi connectivity index (χ3v) is 3.22. The molecule has 0 aromatic heterocycles. The molecule has 0 radical (unpaired) electrons. The third-order valence-electron chi connectivity index (χ3n) is 2.97. The topological polar surface area (TPSA) is 59.0 Å². The van der Waals surface area contributed by atoms with Crippen LogP contribution >= 0.6 is 11.6 Å². The van der Waals surface area contributed by atoms with Gasteiger partial charge < -0.3 is 4.74 Å². The molecule has 0 unspecified atom stereocenters. The number of nitrogens with zero attached hydrogens (tertiary/aromatic N) is 2. The lowest BCUT2D eigenvalue weighted by molar-refractivity contribution is -0.145. The van der Waals surface area contributed by atoms with Crippen LogP contribution in [0, 0.1) is 5.92 Å². The molecule has 0 saturated carbocycles. The van der Waals surface area contributed by atoms with Gasteiger partial charge in [-0.05, 0) is 31.2 Å². The molecular weight excluding hydrogens is 280 g/mol. The molecule has 1 aromatic carbocycles. The minimum Gasteiger partial charge on any atom is -0.465 e. The second-order valence-corrected chi connectivity index (χ2v) is 4.84. The van der Waals surface area contributed by atoms with Gasteiger partial charge in [0.25, 0.3) is 0 Å². The van der Waals surface area contributed by atoms with Gasteiger partial charge in [0.1, 0.15) is 11.6 Å². The zero-order chi connectivity index (χ0) is 14.7. The van der Waals surface area contributed by atoms with E-state index in [1.165, 1.54) is 6.92 Å². The number of benzene rings is 1. The Morgan fingerprint density at radius 3 is 2.60 bits per heavy atom. The van der Waals surface area contributed by atoms with Crippen LogP contribution in [-0.2, 0) is 14.3 Å². The maximum absolute atomic E-state index is 11.9. The Balaban J connectivity index is 2.24. The Hall–Kier alpha value is -1.88. The summed E-state index contributed by atoms with van der Waals surface area (Å²) in [6.07, 6.45) is 0. The highest BCUT2D eigenvalue weighted by atomic mass is 35.5. The summed E-state index contributed by atoms with van der Waals surface area (Å²) < 4.78 is 4.99. The molecule has 20 heavy (non-hydrogen) atoms. The van der Waals surface area contributed by atoms with E-state index in [0.717, 1.165) is 5.69 Å². The number of esters is 1. The normalized spacial score (nSPS) is 17.9. The zero-order valence-corrected chi connectivity index (χ0v) is 12.1. The van der Waals surface area contributed by atoms with Crippen LogP contribution in [0.5, 0.6) is 0 Å². The van der Waals surface area contributed by atoms with E-state index in [1.807, 2.05) is 0 Å². The van der Waals surface area contributed by atoms with Crippen molar-refractivity contribution in [2.45, 2.75) is 13.8 Å². The molecule has 1 atom stereocenters. The molecule has 1 aromatic rings. The summed E-state index contributed by atoms with van der Waals surface area (Å²) in [7, 11) is 0. The second-order valence-electron chi connectivity index (χ2n) is 4.40. The van der Waals surface area contributed by atoms with E-state index >= 15 is 0 Å². The van der Waals surface area contributed by atoms with Crippen molar-refractivity contribution in [3.05, 3.63) is 29.3 Å². The lowest BCUT2D eigenvalue weighted by Gasteiger charge is -2.15. The van der Waals surface area contributed by atoms with E-state index in [0.29, 0.717) is 11.6 Å². The van der Waals surface area contributed by atoms with Crippen LogP contribution in [0.3, 0.4) is 0 Å². The largest absolute Gasteiger partial charge is 0.465 e. The van der Waals surface area contributed by atoms with Crippen molar-refractivity contribution in [2.75, 3.05) is 18.2 Å². The lowest BCUT2D eigenvalue weighted by Crippen LogP contribution is -2.31. The van der Waals surface area contributed by atoms with Gasteiger partial charge in [0.15, 0.2) is 5.78 Å². The Bertz CT molecular complexity index is 554. The molecule has 5 nitrogen and oxygen atoms in total. The second kappa shape index (κ2) is 6.05. The van der Waals surface area contributed by atoms with Gasteiger partial charge in [0.05, 0.1) is 18.8 Å². The molecule has 0 spiro atoms. The van der Waals surface area contributed by atoms with E-state index in [9.17, 15) is 9.59 Å². The monoisotopic (exact) mass is 294 g/mol. The SMILES string of the molecule is CCOC(=O)[C@@H]1CN(c2ccc(Cl)cc2)N=C1C(C)=O. The summed E-state index contributed by atoms with van der Waals surface area (Å²) in [6.45, 7) is 3.71. The molecule has 0 saturated heterocycles. The fourth-order valence-corrected chi connectivity index (χ4v) is 2.15. The number of halogens is 1. The van der Waals surface area contributed by atoms with E-state index in [2.05, 4.69) is 5.10 Å². The first kappa shape index (κ1) is 14.5. The molecule has 0 bridgehead atoms. The molecule has 0 amide bonds. The van der Waals surface area contributed by atoms with Crippen LogP contribution < -0.4 is 5.01 Å². The number of hydrazone groups is 1. The zero-order valence-electron chi connectivity index (χ0n) is 11.3. The number of anilines is 1. The van der Waals surface area contributed by atoms with Crippen molar-refractivity contribution in [3.8, 4) is 0 Å². The fourth-order valence-electron chi connectivity index (χ4n) is 2.02. The van der Waals surface area contributed by atoms with Crippen molar-refractivity contribution in [1.29, 1.82) is 0 Å². The number of carbonyl (C=O) groups is 2. The summed E-state index contributed by atoms with van der Waals surface area (Å²) in [4.78, 5) is 23.5. The van der Waals surface area contributed by atoms with Gasteiger partial charge in [-0.1, -0.05) is 11.6 Å². The molecule has 0 N–H and O–H groups in total. The summed E-state index contributed by atoms with van der Waals surface area (Å²) in [5.74, 6) is -1.28. The number of hydrogen-bond donors (Lipinski definition) is 0. The van der Waals surface area contributed by atoms with E-state index in [-0.39, 0.29) is 18.1 Å². The molecule has 106 valence electrons. The smallest absolute Gasteiger partial charge is 0.317 e. The van der Waals surface area contributed by atoms with Crippen molar-refractivity contribution >= 4 is 34.8 Å². The van der Waals surface area contributed by atoms with Gasteiger partial charge in [-0.25, -0.2) is 0 Å². The van der Waals surface area contributed by atoms with Crippen molar-refractivity contribution in [2.24, 2.45) is 11.0 Å². The number of Topliss-reactive ketones (excluding diaryl/α,β-unsaturated/α-hetero) is 1. The van der Waals surface area contributed by atoms with Gasteiger partial charge in [-0.3, -0.25) is 14.6 Å². The summed E-state index contributed by atoms with van der Waals surface area (Å²) in [5.41, 5.74) is 1.01. The quantitative estimate of drug-likeness (QED) is 0.800. The van der Waals surface area contributed by atoms with Crippen LogP contribution in [0.25, 0.3) is 0 Å². The van der Waals surface area contributed by atoms with Crippen LogP contribution in [0.2, 0.25) is 5.02 Å². The van der Waals surface area contributed by atoms with Gasteiger partial charge in [-0.15, -0.1) is 0 Å². The standard InChI is InChI=1S/C14H15ClN2O3/c1-3-20-14(19)12-8-17(16-13(12)9(2)18)11-6-4-10(15)5-7-11/h4-7,12H,3,8H2,1-2H3/t12-/m1/s1. The maximum Gasteiger partial charge on any atom is 0.317 e. The highest BCUT2D eigenvalue weighted by Gasteiger charge is 2.36. The van der Waals surface area contributed by atoms with Crippen LogP contribution in [0.15, 0.2) is 29.4 Å². The number of carbonyl (C=O) groups excluding carboxylic acids is 2. The Morgan fingerprint density at radius 2 is 2.05 bits per heavy atom. The Morgan fingerprint density at radius 1 is 1.40 bits per heavy atom. The van der Waals surface area contributed by atoms with E-state index < -0.39 is 11.9 Å². The van der Waals surface area contributed by atoms with Crippen molar-refractivity contribution in [1.82, 2.24) is 0 Å². The van der Waals surface area contributed by atoms with Gasteiger partial charge in [0, 0.05) is 11.9 Å². The third kappa shape index (κ3) is 2.99. The summed E-state index contributed by atoms with van der Waals surface area (Å²) >= 11 is 5.84. The first-order valence-electron chi connectivity index (χ1n) is 6.32. The number of ketones is 1. The minimum absolute atomic E-state index is 0.223. The molecule has 6 heteroatoms. The first-order chi connectivity index (χ1) is 9.52.